The maximum Gasteiger partial charge on any atom is 0.240 e. The molecule has 0 amide bonds. The van der Waals surface area contributed by atoms with Gasteiger partial charge in [0.05, 0.1) is 23.2 Å². The zero-order chi connectivity index (χ0) is 25.7. The van der Waals surface area contributed by atoms with Crippen LogP contribution in [0.25, 0.3) is 17.1 Å². The van der Waals surface area contributed by atoms with Crippen LogP contribution < -0.4 is 10.1 Å². The van der Waals surface area contributed by atoms with E-state index in [1.54, 1.807) is 13.0 Å². The lowest BCUT2D eigenvalue weighted by molar-refractivity contribution is -0.0665. The molecule has 3 saturated carbocycles. The molecular formula is C26H25F2N7O. The zero-order valence-corrected chi connectivity index (χ0v) is 20.3. The summed E-state index contributed by atoms with van der Waals surface area (Å²) in [6.07, 6.45) is 2.61. The molecule has 3 fully saturated rings. The van der Waals surface area contributed by atoms with Gasteiger partial charge in [-0.1, -0.05) is 0 Å². The minimum Gasteiger partial charge on any atom is -0.437 e. The molecule has 3 aliphatic rings. The van der Waals surface area contributed by atoms with E-state index in [-0.39, 0.29) is 29.8 Å². The van der Waals surface area contributed by atoms with Crippen molar-refractivity contribution in [3.05, 3.63) is 40.6 Å². The van der Waals surface area contributed by atoms with Crippen molar-refractivity contribution in [3.8, 4) is 23.8 Å². The molecule has 6 rings (SSSR count). The Kier molecular flexibility index (Phi) is 5.63. The summed E-state index contributed by atoms with van der Waals surface area (Å²) in [4.78, 5) is 9.25. The third kappa shape index (κ3) is 4.03. The fourth-order valence-corrected chi connectivity index (χ4v) is 5.45. The number of hydrogen-bond acceptors (Lipinski definition) is 7. The highest BCUT2D eigenvalue weighted by Gasteiger charge is 2.69. The first-order chi connectivity index (χ1) is 17.2. The second-order valence-electron chi connectivity index (χ2n) is 9.92. The molecule has 1 aromatic carbocycles. The molecule has 0 atom stereocenters. The Bertz CT molecular complexity index is 1440. The number of nitrogens with one attached hydrogen (secondary N) is 1. The number of alkyl halides is 2. The molecule has 10 heteroatoms. The Labute approximate surface area is 207 Å². The number of nitrogens with zero attached hydrogens (tertiary/aromatic N) is 6. The number of aryl methyl sites for hydroxylation is 4. The maximum atomic E-state index is 12.9. The molecule has 8 nitrogen and oxygen atoms in total. The average Bonchev–Trinajstić information content (AvgIpc) is 3.10. The second kappa shape index (κ2) is 8.56. The van der Waals surface area contributed by atoms with E-state index in [4.69, 9.17) is 10.00 Å². The first-order valence-corrected chi connectivity index (χ1v) is 11.7. The van der Waals surface area contributed by atoms with Gasteiger partial charge >= 0.3 is 0 Å². The van der Waals surface area contributed by atoms with Gasteiger partial charge in [0.25, 0.3) is 0 Å². The van der Waals surface area contributed by atoms with Crippen LogP contribution in [0.4, 0.5) is 14.7 Å². The van der Waals surface area contributed by atoms with Crippen LogP contribution in [0.2, 0.25) is 0 Å². The zero-order valence-electron chi connectivity index (χ0n) is 20.3. The highest BCUT2D eigenvalue weighted by Crippen LogP contribution is 2.67. The van der Waals surface area contributed by atoms with Crippen molar-refractivity contribution < 1.29 is 13.5 Å². The standard InChI is InChI=1S/C26H25F2N7O/c1-15-9-18(5-4-7-29)10-16(2)21(15)36-23-20-17(3)35(8-6-19(27)28)34-22(20)31-24(32-23)33-26-11-25(12-26,13-26)14-30/h4-5,9-10,19H,6,8,11-13H2,1-3H3,(H,31,33,34)/b5-4+. The van der Waals surface area contributed by atoms with Crippen molar-refractivity contribution in [2.45, 2.75) is 65.0 Å². The monoisotopic (exact) mass is 489 g/mol. The molecule has 2 aromatic heterocycles. The van der Waals surface area contributed by atoms with E-state index in [9.17, 15) is 14.0 Å². The van der Waals surface area contributed by atoms with Gasteiger partial charge in [-0.15, -0.1) is 0 Å². The lowest BCUT2D eigenvalue weighted by Gasteiger charge is -2.66. The summed E-state index contributed by atoms with van der Waals surface area (Å²) in [6.45, 7) is 5.66. The largest absolute Gasteiger partial charge is 0.437 e. The van der Waals surface area contributed by atoms with E-state index >= 15 is 0 Å². The number of halogens is 2. The van der Waals surface area contributed by atoms with E-state index in [2.05, 4.69) is 26.5 Å². The Hall–Kier alpha value is -4.05. The number of hydrogen-bond donors (Lipinski definition) is 1. The van der Waals surface area contributed by atoms with Gasteiger partial charge < -0.3 is 10.1 Å². The normalized spacial score (nSPS) is 22.2. The number of anilines is 1. The number of rotatable bonds is 8. The Morgan fingerprint density at radius 3 is 2.47 bits per heavy atom. The third-order valence-corrected chi connectivity index (χ3v) is 7.06. The molecule has 0 radical (unpaired) electrons. The minimum atomic E-state index is -2.44. The molecule has 2 heterocycles. The van der Waals surface area contributed by atoms with Crippen molar-refractivity contribution in [3.63, 3.8) is 0 Å². The summed E-state index contributed by atoms with van der Waals surface area (Å²) in [5, 5.41) is 26.6. The molecule has 184 valence electrons. The van der Waals surface area contributed by atoms with Crippen molar-refractivity contribution in [2.75, 3.05) is 5.32 Å². The number of nitriles is 2. The molecule has 0 aliphatic heterocycles. The lowest BCUT2D eigenvalue weighted by atomic mass is 9.40. The van der Waals surface area contributed by atoms with Gasteiger partial charge in [-0.05, 0) is 74.9 Å². The number of aromatic nitrogens is 4. The quantitative estimate of drug-likeness (QED) is 0.410. The maximum absolute atomic E-state index is 12.9. The molecule has 3 aliphatic carbocycles. The van der Waals surface area contributed by atoms with Crippen molar-refractivity contribution >= 4 is 23.1 Å². The second-order valence-corrected chi connectivity index (χ2v) is 9.92. The van der Waals surface area contributed by atoms with Gasteiger partial charge in [-0.3, -0.25) is 4.68 Å². The van der Waals surface area contributed by atoms with Crippen molar-refractivity contribution in [2.24, 2.45) is 5.41 Å². The van der Waals surface area contributed by atoms with Crippen LogP contribution in [0.15, 0.2) is 18.2 Å². The van der Waals surface area contributed by atoms with Gasteiger partial charge in [-0.2, -0.15) is 25.6 Å². The van der Waals surface area contributed by atoms with Crippen LogP contribution in [0.5, 0.6) is 11.6 Å². The molecular weight excluding hydrogens is 464 g/mol. The van der Waals surface area contributed by atoms with E-state index in [1.807, 2.05) is 32.0 Å². The van der Waals surface area contributed by atoms with Crippen molar-refractivity contribution in [1.82, 2.24) is 19.7 Å². The Morgan fingerprint density at radius 1 is 1.17 bits per heavy atom. The van der Waals surface area contributed by atoms with Gasteiger partial charge in [0.15, 0.2) is 5.65 Å². The number of allylic oxidation sites excluding steroid dienone is 1. The van der Waals surface area contributed by atoms with E-state index < -0.39 is 6.43 Å². The number of benzene rings is 1. The molecule has 36 heavy (non-hydrogen) atoms. The number of fused-ring (bicyclic) bond motifs is 1. The van der Waals surface area contributed by atoms with Crippen LogP contribution in [0.3, 0.4) is 0 Å². The summed E-state index contributed by atoms with van der Waals surface area (Å²) >= 11 is 0. The molecule has 0 spiro atoms. The van der Waals surface area contributed by atoms with E-state index in [1.165, 1.54) is 10.8 Å². The topological polar surface area (TPSA) is 112 Å². The smallest absolute Gasteiger partial charge is 0.240 e. The highest BCUT2D eigenvalue weighted by atomic mass is 19.3. The van der Waals surface area contributed by atoms with Crippen LogP contribution in [-0.4, -0.2) is 31.7 Å². The first kappa shape index (κ1) is 23.7. The molecule has 2 bridgehead atoms. The summed E-state index contributed by atoms with van der Waals surface area (Å²) in [6, 6.07) is 8.20. The SMILES string of the molecule is Cc1cc(/C=C/C#N)cc(C)c1Oc1nc(NC23CC(C#N)(C2)C3)nc2nn(CCC(F)F)c(C)c12. The minimum absolute atomic E-state index is 0.0503. The molecule has 3 aromatic rings. The summed E-state index contributed by atoms with van der Waals surface area (Å²) in [7, 11) is 0. The van der Waals surface area contributed by atoms with Crippen LogP contribution in [-0.2, 0) is 6.54 Å². The third-order valence-electron chi connectivity index (χ3n) is 7.06. The molecule has 0 saturated heterocycles. The Balaban J connectivity index is 1.54. The predicted molar refractivity (Wildman–Crippen MR) is 130 cm³/mol. The molecule has 0 unspecified atom stereocenters. The highest BCUT2D eigenvalue weighted by molar-refractivity contribution is 5.85. The fraction of sp³-hybridized carbons (Fsp3) is 0.423. The predicted octanol–water partition coefficient (Wildman–Crippen LogP) is 5.59. The molecule has 1 N–H and O–H groups in total. The van der Waals surface area contributed by atoms with Crippen molar-refractivity contribution in [1.29, 1.82) is 10.5 Å². The summed E-state index contributed by atoms with van der Waals surface area (Å²) in [5.74, 6) is 1.24. The van der Waals surface area contributed by atoms with Gasteiger partial charge in [0, 0.05) is 24.6 Å². The summed E-state index contributed by atoms with van der Waals surface area (Å²) < 4.78 is 33.6. The number of ether oxygens (including phenoxy) is 1. The van der Waals surface area contributed by atoms with Crippen LogP contribution in [0.1, 0.15) is 48.1 Å². The van der Waals surface area contributed by atoms with Crippen LogP contribution >= 0.6 is 0 Å². The fourth-order valence-electron chi connectivity index (χ4n) is 5.45. The summed E-state index contributed by atoms with van der Waals surface area (Å²) in [5.41, 5.74) is 3.15. The van der Waals surface area contributed by atoms with Gasteiger partial charge in [0.2, 0.25) is 18.3 Å². The van der Waals surface area contributed by atoms with E-state index in [0.717, 1.165) is 36.0 Å². The van der Waals surface area contributed by atoms with Crippen LogP contribution in [0, 0.1) is 48.8 Å². The van der Waals surface area contributed by atoms with E-state index in [0.29, 0.717) is 28.4 Å². The Morgan fingerprint density at radius 2 is 1.86 bits per heavy atom. The lowest BCUT2D eigenvalue weighted by Crippen LogP contribution is -2.70. The first-order valence-electron chi connectivity index (χ1n) is 11.7. The van der Waals surface area contributed by atoms with Gasteiger partial charge in [0.1, 0.15) is 11.1 Å². The van der Waals surface area contributed by atoms with Gasteiger partial charge in [-0.25, -0.2) is 8.78 Å². The average molecular weight is 490 g/mol.